The summed E-state index contributed by atoms with van der Waals surface area (Å²) in [5.41, 5.74) is 1.17. The first-order valence-corrected chi connectivity index (χ1v) is 9.58. The summed E-state index contributed by atoms with van der Waals surface area (Å²) in [5.74, 6) is 0.822. The number of hydrogen-bond acceptors (Lipinski definition) is 3. The number of ether oxygens (including phenoxy) is 1. The molecule has 0 atom stereocenters. The summed E-state index contributed by atoms with van der Waals surface area (Å²) < 4.78 is 5.73. The zero-order chi connectivity index (χ0) is 20.8. The van der Waals surface area contributed by atoms with Crippen molar-refractivity contribution in [3.8, 4) is 11.5 Å². The number of carbonyl (C=O) groups excluding carboxylic acids is 2. The molecule has 0 spiro atoms. The molecular weight excluding hydrogens is 376 g/mol. The van der Waals surface area contributed by atoms with Gasteiger partial charge in [-0.1, -0.05) is 54.6 Å². The number of amides is 2. The van der Waals surface area contributed by atoms with Crippen LogP contribution in [-0.4, -0.2) is 18.4 Å². The molecule has 5 heteroatoms. The Bertz CT molecular complexity index is 1170. The molecule has 0 aliphatic carbocycles. The van der Waals surface area contributed by atoms with Crippen LogP contribution in [0.15, 0.2) is 97.1 Å². The molecule has 0 saturated heterocycles. The van der Waals surface area contributed by atoms with Gasteiger partial charge in [-0.3, -0.25) is 9.59 Å². The Morgan fingerprint density at radius 2 is 1.37 bits per heavy atom. The first-order chi connectivity index (χ1) is 14.7. The summed E-state index contributed by atoms with van der Waals surface area (Å²) in [7, 11) is 0. The van der Waals surface area contributed by atoms with Gasteiger partial charge in [-0.2, -0.15) is 0 Å². The molecule has 0 bridgehead atoms. The predicted molar refractivity (Wildman–Crippen MR) is 118 cm³/mol. The molecule has 0 radical (unpaired) electrons. The van der Waals surface area contributed by atoms with Crippen molar-refractivity contribution in [2.75, 3.05) is 11.9 Å². The molecule has 30 heavy (non-hydrogen) atoms. The predicted octanol–water partition coefficient (Wildman–Crippen LogP) is 5.00. The molecule has 148 valence electrons. The Labute approximate surface area is 174 Å². The van der Waals surface area contributed by atoms with E-state index in [9.17, 15) is 9.59 Å². The Morgan fingerprint density at radius 1 is 0.700 bits per heavy atom. The molecule has 0 aliphatic rings. The molecule has 0 unspecified atom stereocenters. The van der Waals surface area contributed by atoms with Gasteiger partial charge in [0.05, 0.1) is 6.54 Å². The van der Waals surface area contributed by atoms with E-state index in [0.717, 1.165) is 16.5 Å². The van der Waals surface area contributed by atoms with Gasteiger partial charge < -0.3 is 15.4 Å². The standard InChI is InChI=1S/C25H20N2O3/c28-24(17-26-25(29)23-12-6-8-18-7-4-5-11-22(18)23)27-19-13-15-21(16-14-19)30-20-9-2-1-3-10-20/h1-16H,17H2,(H,26,29)(H,27,28). The van der Waals surface area contributed by atoms with Crippen molar-refractivity contribution >= 4 is 28.3 Å². The number of para-hydroxylation sites is 1. The number of carbonyl (C=O) groups is 2. The van der Waals surface area contributed by atoms with E-state index in [2.05, 4.69) is 10.6 Å². The van der Waals surface area contributed by atoms with Crippen molar-refractivity contribution in [3.05, 3.63) is 103 Å². The average Bonchev–Trinajstić information content (AvgIpc) is 2.79. The maximum Gasteiger partial charge on any atom is 0.252 e. The topological polar surface area (TPSA) is 67.4 Å². The van der Waals surface area contributed by atoms with Crippen LogP contribution in [0.4, 0.5) is 5.69 Å². The van der Waals surface area contributed by atoms with Crippen molar-refractivity contribution in [3.63, 3.8) is 0 Å². The van der Waals surface area contributed by atoms with Crippen molar-refractivity contribution < 1.29 is 14.3 Å². The average molecular weight is 396 g/mol. The lowest BCUT2D eigenvalue weighted by Gasteiger charge is -2.10. The van der Waals surface area contributed by atoms with Gasteiger partial charge in [0.25, 0.3) is 5.91 Å². The normalized spacial score (nSPS) is 10.4. The molecule has 5 nitrogen and oxygen atoms in total. The molecule has 2 amide bonds. The van der Waals surface area contributed by atoms with Crippen LogP contribution in [0.25, 0.3) is 10.8 Å². The van der Waals surface area contributed by atoms with Crippen LogP contribution in [0.3, 0.4) is 0 Å². The highest BCUT2D eigenvalue weighted by molar-refractivity contribution is 6.08. The highest BCUT2D eigenvalue weighted by atomic mass is 16.5. The number of nitrogens with one attached hydrogen (secondary N) is 2. The third-order valence-corrected chi connectivity index (χ3v) is 4.56. The van der Waals surface area contributed by atoms with E-state index in [0.29, 0.717) is 17.0 Å². The second kappa shape index (κ2) is 8.92. The van der Waals surface area contributed by atoms with Gasteiger partial charge in [-0.25, -0.2) is 0 Å². The lowest BCUT2D eigenvalue weighted by molar-refractivity contribution is -0.115. The maximum atomic E-state index is 12.5. The van der Waals surface area contributed by atoms with Gasteiger partial charge in [-0.15, -0.1) is 0 Å². The van der Waals surface area contributed by atoms with Crippen LogP contribution < -0.4 is 15.4 Å². The maximum absolute atomic E-state index is 12.5. The van der Waals surface area contributed by atoms with Crippen molar-refractivity contribution in [2.45, 2.75) is 0 Å². The molecule has 0 fully saturated rings. The molecule has 0 saturated carbocycles. The summed E-state index contributed by atoms with van der Waals surface area (Å²) >= 11 is 0. The van der Waals surface area contributed by atoms with Gasteiger partial charge in [-0.05, 0) is 53.2 Å². The van der Waals surface area contributed by atoms with E-state index >= 15 is 0 Å². The second-order valence-corrected chi connectivity index (χ2v) is 6.70. The van der Waals surface area contributed by atoms with Crippen molar-refractivity contribution in [1.29, 1.82) is 0 Å². The summed E-state index contributed by atoms with van der Waals surface area (Å²) in [6, 6.07) is 29.7. The van der Waals surface area contributed by atoms with E-state index in [1.165, 1.54) is 0 Å². The molecule has 0 aliphatic heterocycles. The summed E-state index contributed by atoms with van der Waals surface area (Å²) in [5, 5.41) is 7.28. The van der Waals surface area contributed by atoms with Gasteiger partial charge in [0.2, 0.25) is 5.91 Å². The van der Waals surface area contributed by atoms with E-state index < -0.39 is 0 Å². The second-order valence-electron chi connectivity index (χ2n) is 6.70. The van der Waals surface area contributed by atoms with Crippen LogP contribution in [0.5, 0.6) is 11.5 Å². The highest BCUT2D eigenvalue weighted by Gasteiger charge is 2.11. The molecule has 0 aromatic heterocycles. The number of fused-ring (bicyclic) bond motifs is 1. The summed E-state index contributed by atoms with van der Waals surface area (Å²) in [6.45, 7) is -0.121. The summed E-state index contributed by atoms with van der Waals surface area (Å²) in [6.07, 6.45) is 0. The number of anilines is 1. The smallest absolute Gasteiger partial charge is 0.252 e. The molecule has 0 heterocycles. The fourth-order valence-electron chi connectivity index (χ4n) is 3.12. The van der Waals surface area contributed by atoms with Gasteiger partial charge in [0, 0.05) is 11.3 Å². The van der Waals surface area contributed by atoms with Crippen LogP contribution >= 0.6 is 0 Å². The lowest BCUT2D eigenvalue weighted by atomic mass is 10.0. The SMILES string of the molecule is O=C(CNC(=O)c1cccc2ccccc12)Nc1ccc(Oc2ccccc2)cc1. The minimum Gasteiger partial charge on any atom is -0.457 e. The Balaban J connectivity index is 1.33. The lowest BCUT2D eigenvalue weighted by Crippen LogP contribution is -2.32. The fourth-order valence-corrected chi connectivity index (χ4v) is 3.12. The van der Waals surface area contributed by atoms with Crippen LogP contribution in [0.1, 0.15) is 10.4 Å². The molecule has 2 N–H and O–H groups in total. The fraction of sp³-hybridized carbons (Fsp3) is 0.0400. The molecular formula is C25H20N2O3. The van der Waals surface area contributed by atoms with E-state index in [1.807, 2.05) is 66.7 Å². The quantitative estimate of drug-likeness (QED) is 0.482. The van der Waals surface area contributed by atoms with E-state index in [4.69, 9.17) is 4.74 Å². The Morgan fingerprint density at radius 3 is 2.17 bits per heavy atom. The number of benzene rings is 4. The first-order valence-electron chi connectivity index (χ1n) is 9.58. The minimum absolute atomic E-state index is 0.121. The van der Waals surface area contributed by atoms with E-state index in [1.54, 1.807) is 30.3 Å². The van der Waals surface area contributed by atoms with Gasteiger partial charge in [0.15, 0.2) is 0 Å². The highest BCUT2D eigenvalue weighted by Crippen LogP contribution is 2.22. The third kappa shape index (κ3) is 4.64. The van der Waals surface area contributed by atoms with Crippen molar-refractivity contribution in [2.24, 2.45) is 0 Å². The molecule has 4 aromatic carbocycles. The molecule has 4 aromatic rings. The number of rotatable bonds is 6. The van der Waals surface area contributed by atoms with Crippen molar-refractivity contribution in [1.82, 2.24) is 5.32 Å². The Hall–Kier alpha value is -4.12. The van der Waals surface area contributed by atoms with Gasteiger partial charge in [0.1, 0.15) is 11.5 Å². The molecule has 4 rings (SSSR count). The first kappa shape index (κ1) is 19.2. The zero-order valence-electron chi connectivity index (χ0n) is 16.2. The monoisotopic (exact) mass is 396 g/mol. The third-order valence-electron chi connectivity index (χ3n) is 4.56. The summed E-state index contributed by atoms with van der Waals surface area (Å²) in [4.78, 5) is 24.8. The number of hydrogen-bond donors (Lipinski definition) is 2. The zero-order valence-corrected chi connectivity index (χ0v) is 16.2. The van der Waals surface area contributed by atoms with E-state index in [-0.39, 0.29) is 18.4 Å². The van der Waals surface area contributed by atoms with Crippen LogP contribution in [0, 0.1) is 0 Å². The Kier molecular flexibility index (Phi) is 5.71. The van der Waals surface area contributed by atoms with Crippen LogP contribution in [-0.2, 0) is 4.79 Å². The van der Waals surface area contributed by atoms with Crippen LogP contribution in [0.2, 0.25) is 0 Å². The largest absolute Gasteiger partial charge is 0.457 e. The van der Waals surface area contributed by atoms with Gasteiger partial charge >= 0.3 is 0 Å². The minimum atomic E-state index is -0.305.